The number of hydrogen-bond donors (Lipinski definition) is 0. The average Bonchev–Trinajstić information content (AvgIpc) is 2.77. The van der Waals surface area contributed by atoms with Crippen molar-refractivity contribution in [1.82, 2.24) is 0 Å². The molecule has 0 bridgehead atoms. The summed E-state index contributed by atoms with van der Waals surface area (Å²) in [6, 6.07) is 7.18. The molecule has 182 valence electrons. The van der Waals surface area contributed by atoms with E-state index in [1.54, 1.807) is 19.1 Å². The van der Waals surface area contributed by atoms with Crippen LogP contribution in [0.1, 0.15) is 126 Å². The normalized spacial score (nSPS) is 16.4. The van der Waals surface area contributed by atoms with E-state index in [2.05, 4.69) is 40.7 Å². The van der Waals surface area contributed by atoms with Crippen molar-refractivity contribution in [2.75, 3.05) is 0 Å². The van der Waals surface area contributed by atoms with Crippen LogP contribution < -0.4 is 0 Å². The summed E-state index contributed by atoms with van der Waals surface area (Å²) in [6.45, 7) is 13.4. The van der Waals surface area contributed by atoms with Gasteiger partial charge < -0.3 is 0 Å². The quantitative estimate of drug-likeness (QED) is 0.265. The van der Waals surface area contributed by atoms with Gasteiger partial charge in [-0.25, -0.2) is 0 Å². The molecule has 2 nitrogen and oxygen atoms in total. The van der Waals surface area contributed by atoms with Gasteiger partial charge in [-0.15, -0.1) is 0 Å². The molecule has 1 aromatic rings. The fourth-order valence-corrected chi connectivity index (χ4v) is 4.88. The summed E-state index contributed by atoms with van der Waals surface area (Å²) in [5.41, 5.74) is 3.68. The van der Waals surface area contributed by atoms with Crippen LogP contribution in [0.25, 0.3) is 0 Å². The van der Waals surface area contributed by atoms with Crippen LogP contribution in [0.5, 0.6) is 0 Å². The largest absolute Gasteiger partial charge is 0.289 e. The van der Waals surface area contributed by atoms with Gasteiger partial charge in [-0.1, -0.05) is 109 Å². The number of hydrogen-bond acceptors (Lipinski definition) is 2. The zero-order valence-electron chi connectivity index (χ0n) is 22.0. The molecule has 1 aromatic carbocycles. The Bertz CT molecular complexity index is 855. The second kappa shape index (κ2) is 13.7. The van der Waals surface area contributed by atoms with E-state index in [4.69, 9.17) is 0 Å². The number of Topliss-reactive ketones (excluding diaryl/α,β-unsaturated/α-hetero) is 2. The third-order valence-electron chi connectivity index (χ3n) is 7.28. The minimum absolute atomic E-state index is 0.00526. The predicted molar refractivity (Wildman–Crippen MR) is 141 cm³/mol. The van der Waals surface area contributed by atoms with Crippen molar-refractivity contribution in [3.05, 3.63) is 58.2 Å². The van der Waals surface area contributed by atoms with Crippen molar-refractivity contribution in [3.8, 4) is 0 Å². The predicted octanol–water partition coefficient (Wildman–Crippen LogP) is 9.16. The molecule has 1 aliphatic carbocycles. The Morgan fingerprint density at radius 1 is 0.788 bits per heavy atom. The van der Waals surface area contributed by atoms with Crippen LogP contribution in [0, 0.1) is 17.8 Å². The van der Waals surface area contributed by atoms with E-state index >= 15 is 0 Å². The second-order valence-corrected chi connectivity index (χ2v) is 10.9. The molecular formula is C31H46O2. The van der Waals surface area contributed by atoms with Crippen LogP contribution in [0.2, 0.25) is 0 Å². The lowest BCUT2D eigenvalue weighted by molar-refractivity contribution is 0.0973. The van der Waals surface area contributed by atoms with Gasteiger partial charge in [0.05, 0.1) is 0 Å². The molecule has 0 N–H and O–H groups in total. The number of allylic oxidation sites excluding steroid dienone is 4. The summed E-state index contributed by atoms with van der Waals surface area (Å²) >= 11 is 0. The van der Waals surface area contributed by atoms with Gasteiger partial charge >= 0.3 is 0 Å². The molecule has 2 rings (SSSR count). The Morgan fingerprint density at radius 3 is 1.88 bits per heavy atom. The van der Waals surface area contributed by atoms with Gasteiger partial charge in [0.1, 0.15) is 0 Å². The molecule has 0 aliphatic heterocycles. The molecule has 0 saturated carbocycles. The molecule has 0 heterocycles. The fourth-order valence-electron chi connectivity index (χ4n) is 4.88. The Kier molecular flexibility index (Phi) is 11.3. The third kappa shape index (κ3) is 8.72. The van der Waals surface area contributed by atoms with Crippen LogP contribution in [-0.2, 0) is 0 Å². The highest BCUT2D eigenvalue weighted by Crippen LogP contribution is 2.29. The van der Waals surface area contributed by atoms with E-state index in [0.29, 0.717) is 28.7 Å². The van der Waals surface area contributed by atoms with E-state index in [0.717, 1.165) is 24.2 Å². The molecule has 33 heavy (non-hydrogen) atoms. The molecule has 2 unspecified atom stereocenters. The number of benzene rings is 1. The summed E-state index contributed by atoms with van der Waals surface area (Å²) in [5.74, 6) is 2.48. The van der Waals surface area contributed by atoms with Gasteiger partial charge in [0, 0.05) is 22.3 Å². The zero-order valence-corrected chi connectivity index (χ0v) is 22.0. The molecule has 0 saturated heterocycles. The summed E-state index contributed by atoms with van der Waals surface area (Å²) in [7, 11) is 0. The van der Waals surface area contributed by atoms with Gasteiger partial charge in [0.25, 0.3) is 0 Å². The first kappa shape index (κ1) is 27.3. The van der Waals surface area contributed by atoms with Crippen LogP contribution in [0.3, 0.4) is 0 Å². The lowest BCUT2D eigenvalue weighted by atomic mass is 9.83. The summed E-state index contributed by atoms with van der Waals surface area (Å²) in [6.07, 6.45) is 14.4. The lowest BCUT2D eigenvalue weighted by Crippen LogP contribution is -2.20. The lowest BCUT2D eigenvalue weighted by Gasteiger charge is -2.18. The average molecular weight is 451 g/mol. The molecule has 0 spiro atoms. The van der Waals surface area contributed by atoms with Crippen molar-refractivity contribution >= 4 is 11.6 Å². The molecule has 0 amide bonds. The van der Waals surface area contributed by atoms with Gasteiger partial charge in [0.15, 0.2) is 11.6 Å². The summed E-state index contributed by atoms with van der Waals surface area (Å²) in [5, 5.41) is 0. The number of rotatable bonds is 14. The fraction of sp³-hybridized carbons (Fsp3) is 0.613. The van der Waals surface area contributed by atoms with Gasteiger partial charge in [0.2, 0.25) is 0 Å². The maximum atomic E-state index is 12.9. The molecule has 1 aliphatic rings. The van der Waals surface area contributed by atoms with Gasteiger partial charge in [-0.05, 0) is 50.9 Å². The van der Waals surface area contributed by atoms with E-state index in [1.807, 2.05) is 12.1 Å². The maximum Gasteiger partial charge on any atom is 0.190 e. The van der Waals surface area contributed by atoms with Crippen LogP contribution in [0.4, 0.5) is 0 Å². The van der Waals surface area contributed by atoms with Crippen molar-refractivity contribution in [3.63, 3.8) is 0 Å². The molecular weight excluding hydrogens is 404 g/mol. The number of ketones is 2. The van der Waals surface area contributed by atoms with E-state index in [-0.39, 0.29) is 11.6 Å². The highest BCUT2D eigenvalue weighted by molar-refractivity contribution is 6.26. The minimum Gasteiger partial charge on any atom is -0.289 e. The smallest absolute Gasteiger partial charge is 0.190 e. The number of fused-ring (bicyclic) bond motifs is 1. The monoisotopic (exact) mass is 450 g/mol. The Morgan fingerprint density at radius 2 is 1.30 bits per heavy atom. The Balaban J connectivity index is 1.71. The Hall–Kier alpha value is -1.96. The van der Waals surface area contributed by atoms with Crippen molar-refractivity contribution in [1.29, 1.82) is 0 Å². The first-order valence-electron chi connectivity index (χ1n) is 13.2. The minimum atomic E-state index is -0.00526. The first-order chi connectivity index (χ1) is 15.7. The number of carbonyl (C=O) groups excluding carboxylic acids is 2. The summed E-state index contributed by atoms with van der Waals surface area (Å²) < 4.78 is 0. The third-order valence-corrected chi connectivity index (χ3v) is 7.28. The van der Waals surface area contributed by atoms with Crippen LogP contribution >= 0.6 is 0 Å². The van der Waals surface area contributed by atoms with E-state index in [9.17, 15) is 9.59 Å². The first-order valence-corrected chi connectivity index (χ1v) is 13.2. The topological polar surface area (TPSA) is 34.1 Å². The number of carbonyl (C=O) groups is 2. The molecule has 0 fully saturated rings. The van der Waals surface area contributed by atoms with E-state index in [1.165, 1.54) is 56.9 Å². The van der Waals surface area contributed by atoms with E-state index < -0.39 is 0 Å². The van der Waals surface area contributed by atoms with Crippen molar-refractivity contribution < 1.29 is 9.59 Å². The second-order valence-electron chi connectivity index (χ2n) is 10.9. The molecule has 2 atom stereocenters. The standard InChI is InChI=1S/C31H46O2/c1-22(2)12-9-13-23(3)14-10-15-24(4)16-11-17-25(5)20-21-27-26(6)30(32)28-18-7-8-19-29(28)31(27)33/h7-8,18-20,22-24H,9-17,21H2,1-6H3/b25-20-. The van der Waals surface area contributed by atoms with Crippen LogP contribution in [0.15, 0.2) is 47.1 Å². The summed E-state index contributed by atoms with van der Waals surface area (Å²) in [4.78, 5) is 25.5. The van der Waals surface area contributed by atoms with Crippen LogP contribution in [-0.4, -0.2) is 11.6 Å². The van der Waals surface area contributed by atoms with Gasteiger partial charge in [-0.2, -0.15) is 0 Å². The zero-order chi connectivity index (χ0) is 24.4. The van der Waals surface area contributed by atoms with Gasteiger partial charge in [-0.3, -0.25) is 9.59 Å². The maximum absolute atomic E-state index is 12.9. The SMILES string of the molecule is CC1=C(C/C=C(/C)CCCC(C)CCCC(C)CCCC(C)C)C(=O)c2ccccc2C1=O. The highest BCUT2D eigenvalue weighted by atomic mass is 16.1. The Labute approximate surface area is 202 Å². The van der Waals surface area contributed by atoms with Crippen molar-refractivity contribution in [2.45, 2.75) is 106 Å². The molecule has 0 radical (unpaired) electrons. The molecule has 2 heteroatoms. The van der Waals surface area contributed by atoms with Crippen molar-refractivity contribution in [2.24, 2.45) is 17.8 Å². The molecule has 0 aromatic heterocycles. The highest BCUT2D eigenvalue weighted by Gasteiger charge is 2.28.